The van der Waals surface area contributed by atoms with Crippen molar-refractivity contribution in [3.8, 4) is 5.75 Å². The van der Waals surface area contributed by atoms with E-state index in [9.17, 15) is 13.2 Å². The molecule has 144 valence electrons. The lowest BCUT2D eigenvalue weighted by atomic mass is 9.94. The zero-order valence-electron chi connectivity index (χ0n) is 15.3. The van der Waals surface area contributed by atoms with E-state index in [1.54, 1.807) is 24.3 Å². The molecule has 2 heterocycles. The maximum atomic E-state index is 12.7. The smallest absolute Gasteiger partial charge is 0.243 e. The van der Waals surface area contributed by atoms with Gasteiger partial charge in [-0.2, -0.15) is 4.31 Å². The lowest BCUT2D eigenvalue weighted by Gasteiger charge is -2.46. The van der Waals surface area contributed by atoms with Crippen LogP contribution in [-0.4, -0.2) is 61.9 Å². The number of hydrogen-bond donors (Lipinski definition) is 1. The van der Waals surface area contributed by atoms with Crippen molar-refractivity contribution in [3.05, 3.63) is 24.3 Å². The van der Waals surface area contributed by atoms with E-state index in [1.807, 2.05) is 13.8 Å². The van der Waals surface area contributed by atoms with E-state index in [0.717, 1.165) is 25.9 Å². The van der Waals surface area contributed by atoms with Gasteiger partial charge in [0.05, 0.1) is 11.0 Å². The Balaban J connectivity index is 1.55. The first-order valence-electron chi connectivity index (χ1n) is 9.07. The van der Waals surface area contributed by atoms with Gasteiger partial charge in [-0.3, -0.25) is 9.69 Å². The van der Waals surface area contributed by atoms with Crippen LogP contribution in [0.15, 0.2) is 29.2 Å². The van der Waals surface area contributed by atoms with Crippen LogP contribution in [0.2, 0.25) is 0 Å². The van der Waals surface area contributed by atoms with E-state index in [-0.39, 0.29) is 24.0 Å². The van der Waals surface area contributed by atoms with E-state index in [4.69, 9.17) is 10.5 Å². The lowest BCUT2D eigenvalue weighted by molar-refractivity contribution is -0.123. The Morgan fingerprint density at radius 2 is 1.73 bits per heavy atom. The molecule has 0 aromatic heterocycles. The molecule has 0 spiro atoms. The Hall–Kier alpha value is -1.64. The number of likely N-dealkylation sites (tertiary alicyclic amines) is 1. The van der Waals surface area contributed by atoms with Crippen LogP contribution in [0.4, 0.5) is 0 Å². The van der Waals surface area contributed by atoms with Gasteiger partial charge in [-0.15, -0.1) is 0 Å². The number of nitrogens with two attached hydrogens (primary N) is 1. The van der Waals surface area contributed by atoms with Crippen molar-refractivity contribution in [2.24, 2.45) is 11.7 Å². The molecule has 2 aliphatic rings. The second-order valence-electron chi connectivity index (χ2n) is 7.33. The fourth-order valence-electron chi connectivity index (χ4n) is 3.50. The minimum atomic E-state index is -3.47. The van der Waals surface area contributed by atoms with Gasteiger partial charge in [0.2, 0.25) is 15.9 Å². The second kappa shape index (κ2) is 7.54. The molecule has 26 heavy (non-hydrogen) atoms. The zero-order valence-corrected chi connectivity index (χ0v) is 16.1. The summed E-state index contributed by atoms with van der Waals surface area (Å²) in [6.45, 7) is 6.44. The number of primary amides is 1. The van der Waals surface area contributed by atoms with Gasteiger partial charge in [0, 0.05) is 25.0 Å². The van der Waals surface area contributed by atoms with Crippen LogP contribution in [0, 0.1) is 5.92 Å². The third-order valence-corrected chi connectivity index (χ3v) is 6.96. The zero-order chi connectivity index (χ0) is 18.9. The molecule has 2 N–H and O–H groups in total. The van der Waals surface area contributed by atoms with E-state index >= 15 is 0 Å². The molecule has 1 aromatic carbocycles. The minimum Gasteiger partial charge on any atom is -0.491 e. The van der Waals surface area contributed by atoms with Gasteiger partial charge in [-0.25, -0.2) is 8.42 Å². The van der Waals surface area contributed by atoms with Crippen molar-refractivity contribution in [3.63, 3.8) is 0 Å². The van der Waals surface area contributed by atoms with Gasteiger partial charge >= 0.3 is 0 Å². The van der Waals surface area contributed by atoms with Crippen LogP contribution >= 0.6 is 0 Å². The van der Waals surface area contributed by atoms with Gasteiger partial charge in [0.1, 0.15) is 5.75 Å². The number of nitrogens with zero attached hydrogens (tertiary/aromatic N) is 2. The molecule has 2 aliphatic heterocycles. The summed E-state index contributed by atoms with van der Waals surface area (Å²) in [5, 5.41) is 0. The minimum absolute atomic E-state index is 0.0438. The van der Waals surface area contributed by atoms with Gasteiger partial charge < -0.3 is 10.5 Å². The molecule has 0 aliphatic carbocycles. The largest absolute Gasteiger partial charge is 0.491 e. The van der Waals surface area contributed by atoms with Crippen molar-refractivity contribution in [2.75, 3.05) is 26.2 Å². The molecule has 3 rings (SSSR count). The first kappa shape index (κ1) is 19.1. The molecule has 0 bridgehead atoms. The number of amides is 1. The highest BCUT2D eigenvalue weighted by atomic mass is 32.2. The summed E-state index contributed by atoms with van der Waals surface area (Å²) in [5.74, 6) is 0.392. The maximum Gasteiger partial charge on any atom is 0.243 e. The molecule has 0 radical (unpaired) electrons. The van der Waals surface area contributed by atoms with Crippen LogP contribution in [-0.2, 0) is 14.8 Å². The molecule has 8 heteroatoms. The molecule has 0 atom stereocenters. The van der Waals surface area contributed by atoms with Crippen molar-refractivity contribution in [2.45, 2.75) is 43.7 Å². The molecular formula is C18H27N3O4S. The number of sulfonamides is 1. The number of ether oxygens (including phenoxy) is 1. The molecule has 2 fully saturated rings. The Labute approximate surface area is 155 Å². The summed E-state index contributed by atoms with van der Waals surface area (Å²) in [6.07, 6.45) is 1.57. The van der Waals surface area contributed by atoms with Crippen LogP contribution < -0.4 is 10.5 Å². The summed E-state index contributed by atoms with van der Waals surface area (Å²) in [6, 6.07) is 6.80. The predicted molar refractivity (Wildman–Crippen MR) is 98.2 cm³/mol. The summed E-state index contributed by atoms with van der Waals surface area (Å²) in [5.41, 5.74) is 5.36. The van der Waals surface area contributed by atoms with E-state index in [2.05, 4.69) is 4.90 Å². The highest BCUT2D eigenvalue weighted by molar-refractivity contribution is 7.89. The van der Waals surface area contributed by atoms with Gasteiger partial charge in [0.15, 0.2) is 0 Å². The maximum absolute atomic E-state index is 12.7. The van der Waals surface area contributed by atoms with Crippen LogP contribution in [0.1, 0.15) is 26.7 Å². The number of rotatable bonds is 6. The quantitative estimate of drug-likeness (QED) is 0.795. The first-order valence-corrected chi connectivity index (χ1v) is 10.5. The molecule has 7 nitrogen and oxygen atoms in total. The third-order valence-electron chi connectivity index (χ3n) is 5.11. The molecule has 0 unspecified atom stereocenters. The van der Waals surface area contributed by atoms with E-state index < -0.39 is 10.0 Å². The standard InChI is InChI=1S/C18H27N3O4S/c1-13(2)25-16-3-5-17(6-4-16)26(23,24)21-11-15(12-21)20-9-7-14(8-10-20)18(19)22/h3-6,13-15H,7-12H2,1-2H3,(H2,19,22). The number of carbonyl (C=O) groups excluding carboxylic acids is 1. The average molecular weight is 381 g/mol. The third kappa shape index (κ3) is 4.02. The second-order valence-corrected chi connectivity index (χ2v) is 9.26. The number of carbonyl (C=O) groups is 1. The topological polar surface area (TPSA) is 92.9 Å². The van der Waals surface area contributed by atoms with E-state index in [0.29, 0.717) is 23.7 Å². The summed E-state index contributed by atoms with van der Waals surface area (Å²) in [4.78, 5) is 13.8. The van der Waals surface area contributed by atoms with Crippen LogP contribution in [0.25, 0.3) is 0 Å². The summed E-state index contributed by atoms with van der Waals surface area (Å²) >= 11 is 0. The Morgan fingerprint density at radius 3 is 2.23 bits per heavy atom. The Kier molecular flexibility index (Phi) is 5.55. The normalized spacial score (nSPS) is 20.9. The fraction of sp³-hybridized carbons (Fsp3) is 0.611. The Morgan fingerprint density at radius 1 is 1.15 bits per heavy atom. The van der Waals surface area contributed by atoms with Gasteiger partial charge in [0.25, 0.3) is 0 Å². The van der Waals surface area contributed by atoms with Gasteiger partial charge in [-0.05, 0) is 64.0 Å². The lowest BCUT2D eigenvalue weighted by Crippen LogP contribution is -2.62. The highest BCUT2D eigenvalue weighted by Gasteiger charge is 2.40. The molecule has 1 aromatic rings. The number of hydrogen-bond acceptors (Lipinski definition) is 5. The number of benzene rings is 1. The molecule has 1 amide bonds. The monoisotopic (exact) mass is 381 g/mol. The molecule has 0 saturated carbocycles. The summed E-state index contributed by atoms with van der Waals surface area (Å²) < 4.78 is 32.5. The van der Waals surface area contributed by atoms with Crippen molar-refractivity contribution in [1.29, 1.82) is 0 Å². The Bertz CT molecular complexity index is 734. The number of piperidine rings is 1. The van der Waals surface area contributed by atoms with E-state index in [1.165, 1.54) is 4.31 Å². The van der Waals surface area contributed by atoms with Crippen molar-refractivity contribution < 1.29 is 17.9 Å². The van der Waals surface area contributed by atoms with Crippen LogP contribution in [0.3, 0.4) is 0 Å². The van der Waals surface area contributed by atoms with Crippen LogP contribution in [0.5, 0.6) is 5.75 Å². The van der Waals surface area contributed by atoms with Gasteiger partial charge in [-0.1, -0.05) is 0 Å². The SMILES string of the molecule is CC(C)Oc1ccc(S(=O)(=O)N2CC(N3CCC(C(N)=O)CC3)C2)cc1. The average Bonchev–Trinajstić information content (AvgIpc) is 2.53. The summed E-state index contributed by atoms with van der Waals surface area (Å²) in [7, 11) is -3.47. The predicted octanol–water partition coefficient (Wildman–Crippen LogP) is 1.04. The highest BCUT2D eigenvalue weighted by Crippen LogP contribution is 2.28. The first-order chi connectivity index (χ1) is 12.3. The molecular weight excluding hydrogens is 354 g/mol. The fourth-order valence-corrected chi connectivity index (χ4v) is 5.02. The molecule has 2 saturated heterocycles. The van der Waals surface area contributed by atoms with Crippen molar-refractivity contribution >= 4 is 15.9 Å². The van der Waals surface area contributed by atoms with Crippen molar-refractivity contribution in [1.82, 2.24) is 9.21 Å².